The average molecular weight is 310 g/mol. The van der Waals surface area contributed by atoms with Crippen LogP contribution in [0.25, 0.3) is 28.2 Å². The molecule has 0 unspecified atom stereocenters. The molecule has 0 spiro atoms. The number of pyridine rings is 1. The number of hydrogen-bond acceptors (Lipinski definition) is 2. The van der Waals surface area contributed by atoms with Gasteiger partial charge in [0.1, 0.15) is 0 Å². The molecule has 1 aromatic heterocycles. The summed E-state index contributed by atoms with van der Waals surface area (Å²) < 4.78 is 5.33. The van der Waals surface area contributed by atoms with Crippen LogP contribution in [0.2, 0.25) is 5.02 Å². The Kier molecular flexibility index (Phi) is 4.40. The van der Waals surface area contributed by atoms with Crippen LogP contribution in [0.5, 0.6) is 0 Å². The molecule has 1 heterocycles. The van der Waals surface area contributed by atoms with E-state index in [9.17, 15) is 0 Å². The quantitative estimate of drug-likeness (QED) is 0.588. The van der Waals surface area contributed by atoms with Gasteiger partial charge in [-0.15, -0.1) is 0 Å². The normalized spacial score (nSPS) is 11.2. The number of nitrogens with zero attached hydrogens (tertiary/aromatic N) is 1. The maximum Gasteiger partial charge on any atom is 0.0845 e. The highest BCUT2D eigenvalue weighted by Crippen LogP contribution is 2.27. The number of rotatable bonds is 4. The second kappa shape index (κ2) is 6.63. The van der Waals surface area contributed by atoms with Crippen LogP contribution in [0.15, 0.2) is 60.9 Å². The zero-order valence-electron chi connectivity index (χ0n) is 12.3. The van der Waals surface area contributed by atoms with Gasteiger partial charge in [-0.3, -0.25) is 0 Å². The van der Waals surface area contributed by atoms with Crippen molar-refractivity contribution in [3.05, 3.63) is 71.4 Å². The number of hydrogen-bond donors (Lipinski definition) is 0. The molecule has 0 amide bonds. The molecule has 0 N–H and O–H groups in total. The molecular weight excluding hydrogens is 294 g/mol. The molecule has 3 aromatic rings. The lowest BCUT2D eigenvalue weighted by Crippen LogP contribution is -1.89. The van der Waals surface area contributed by atoms with Gasteiger partial charge in [-0.1, -0.05) is 48.0 Å². The highest BCUT2D eigenvalue weighted by Gasteiger charge is 2.06. The maximum atomic E-state index is 6.11. The predicted octanol–water partition coefficient (Wildman–Crippen LogP) is 5.56. The molecule has 0 bridgehead atoms. The molecule has 3 rings (SSSR count). The summed E-state index contributed by atoms with van der Waals surface area (Å²) in [4.78, 5) is 4.74. The van der Waals surface area contributed by atoms with Crippen molar-refractivity contribution in [3.63, 3.8) is 0 Å². The van der Waals surface area contributed by atoms with Gasteiger partial charge in [-0.05, 0) is 36.8 Å². The van der Waals surface area contributed by atoms with Crippen LogP contribution in [0, 0.1) is 0 Å². The first-order chi connectivity index (χ1) is 10.8. The largest absolute Gasteiger partial charge is 0.501 e. The SMILES string of the molecule is CCOC=Cc1cc(-c2ccccc2)nc2cc(Cl)ccc12. The van der Waals surface area contributed by atoms with E-state index >= 15 is 0 Å². The molecule has 0 atom stereocenters. The fourth-order valence-electron chi connectivity index (χ4n) is 2.34. The third-order valence-corrected chi connectivity index (χ3v) is 3.62. The van der Waals surface area contributed by atoms with E-state index in [1.807, 2.05) is 49.4 Å². The lowest BCUT2D eigenvalue weighted by Gasteiger charge is -2.08. The van der Waals surface area contributed by atoms with Crippen LogP contribution in [-0.2, 0) is 4.74 Å². The first-order valence-corrected chi connectivity index (χ1v) is 7.59. The van der Waals surface area contributed by atoms with Crippen molar-refractivity contribution >= 4 is 28.6 Å². The molecule has 0 saturated carbocycles. The number of aromatic nitrogens is 1. The van der Waals surface area contributed by atoms with Gasteiger partial charge in [0.05, 0.1) is 24.1 Å². The Balaban J connectivity index is 2.18. The third-order valence-electron chi connectivity index (χ3n) is 3.38. The van der Waals surface area contributed by atoms with Crippen molar-refractivity contribution < 1.29 is 4.74 Å². The Labute approximate surface area is 135 Å². The van der Waals surface area contributed by atoms with Crippen molar-refractivity contribution in [3.8, 4) is 11.3 Å². The van der Waals surface area contributed by atoms with Crippen LogP contribution < -0.4 is 0 Å². The first-order valence-electron chi connectivity index (χ1n) is 7.22. The van der Waals surface area contributed by atoms with E-state index in [0.717, 1.165) is 27.7 Å². The molecule has 2 aromatic carbocycles. The molecule has 0 aliphatic carbocycles. The van der Waals surface area contributed by atoms with Gasteiger partial charge in [0.2, 0.25) is 0 Å². The Morgan fingerprint density at radius 2 is 1.91 bits per heavy atom. The van der Waals surface area contributed by atoms with Gasteiger partial charge in [-0.2, -0.15) is 0 Å². The van der Waals surface area contributed by atoms with Gasteiger partial charge >= 0.3 is 0 Å². The summed E-state index contributed by atoms with van der Waals surface area (Å²) in [5.41, 5.74) is 3.95. The summed E-state index contributed by atoms with van der Waals surface area (Å²) in [5.74, 6) is 0. The second-order valence-corrected chi connectivity index (χ2v) is 5.32. The third kappa shape index (κ3) is 3.12. The van der Waals surface area contributed by atoms with Crippen molar-refractivity contribution in [2.45, 2.75) is 6.92 Å². The molecule has 22 heavy (non-hydrogen) atoms. The minimum Gasteiger partial charge on any atom is -0.501 e. The van der Waals surface area contributed by atoms with Crippen molar-refractivity contribution in [1.29, 1.82) is 0 Å². The lowest BCUT2D eigenvalue weighted by atomic mass is 10.0. The van der Waals surface area contributed by atoms with Crippen molar-refractivity contribution in [1.82, 2.24) is 4.98 Å². The first kappa shape index (κ1) is 14.6. The summed E-state index contributed by atoms with van der Waals surface area (Å²) in [6, 6.07) is 17.9. The monoisotopic (exact) mass is 309 g/mol. The second-order valence-electron chi connectivity index (χ2n) is 4.88. The lowest BCUT2D eigenvalue weighted by molar-refractivity contribution is 0.272. The fourth-order valence-corrected chi connectivity index (χ4v) is 2.51. The zero-order valence-corrected chi connectivity index (χ0v) is 13.0. The van der Waals surface area contributed by atoms with Crippen LogP contribution in [0.4, 0.5) is 0 Å². The highest BCUT2D eigenvalue weighted by molar-refractivity contribution is 6.31. The smallest absolute Gasteiger partial charge is 0.0845 e. The highest BCUT2D eigenvalue weighted by atomic mass is 35.5. The van der Waals surface area contributed by atoms with E-state index in [4.69, 9.17) is 21.3 Å². The van der Waals surface area contributed by atoms with E-state index in [2.05, 4.69) is 18.2 Å². The van der Waals surface area contributed by atoms with E-state index < -0.39 is 0 Å². The molecule has 0 fully saturated rings. The molecule has 3 heteroatoms. The number of ether oxygens (including phenoxy) is 1. The van der Waals surface area contributed by atoms with Crippen LogP contribution in [0.1, 0.15) is 12.5 Å². The fraction of sp³-hybridized carbons (Fsp3) is 0.105. The maximum absolute atomic E-state index is 6.11. The average Bonchev–Trinajstić information content (AvgIpc) is 2.55. The van der Waals surface area contributed by atoms with Gasteiger partial charge in [0, 0.05) is 16.0 Å². The van der Waals surface area contributed by atoms with Crippen LogP contribution in [0.3, 0.4) is 0 Å². The molecule has 0 aliphatic heterocycles. The molecule has 2 nitrogen and oxygen atoms in total. The molecule has 110 valence electrons. The Morgan fingerprint density at radius 1 is 1.09 bits per heavy atom. The van der Waals surface area contributed by atoms with E-state index in [1.165, 1.54) is 0 Å². The Hall–Kier alpha value is -2.32. The van der Waals surface area contributed by atoms with Gasteiger partial charge in [0.15, 0.2) is 0 Å². The molecular formula is C19H16ClNO. The summed E-state index contributed by atoms with van der Waals surface area (Å²) in [6.45, 7) is 2.61. The van der Waals surface area contributed by atoms with E-state index in [1.54, 1.807) is 6.26 Å². The van der Waals surface area contributed by atoms with Gasteiger partial charge < -0.3 is 4.74 Å². The molecule has 0 saturated heterocycles. The minimum absolute atomic E-state index is 0.650. The summed E-state index contributed by atoms with van der Waals surface area (Å²) in [7, 11) is 0. The van der Waals surface area contributed by atoms with Gasteiger partial charge in [0.25, 0.3) is 0 Å². The number of benzene rings is 2. The van der Waals surface area contributed by atoms with Crippen LogP contribution >= 0.6 is 11.6 Å². The minimum atomic E-state index is 0.650. The standard InChI is InChI=1S/C19H16ClNO/c1-2-22-11-10-15-12-18(14-6-4-3-5-7-14)21-19-13-16(20)8-9-17(15)19/h3-13H,2H2,1H3. The Morgan fingerprint density at radius 3 is 2.68 bits per heavy atom. The predicted molar refractivity (Wildman–Crippen MR) is 92.8 cm³/mol. The summed E-state index contributed by atoms with van der Waals surface area (Å²) in [5, 5.41) is 1.74. The van der Waals surface area contributed by atoms with E-state index in [-0.39, 0.29) is 0 Å². The summed E-state index contributed by atoms with van der Waals surface area (Å²) in [6.07, 6.45) is 3.69. The van der Waals surface area contributed by atoms with E-state index in [0.29, 0.717) is 11.6 Å². The molecule has 0 aliphatic rings. The molecule has 0 radical (unpaired) electrons. The zero-order chi connectivity index (χ0) is 15.4. The Bertz CT molecular complexity index is 812. The van der Waals surface area contributed by atoms with Crippen molar-refractivity contribution in [2.75, 3.05) is 6.61 Å². The van der Waals surface area contributed by atoms with Gasteiger partial charge in [-0.25, -0.2) is 4.98 Å². The van der Waals surface area contributed by atoms with Crippen molar-refractivity contribution in [2.24, 2.45) is 0 Å². The number of fused-ring (bicyclic) bond motifs is 1. The number of halogens is 1. The topological polar surface area (TPSA) is 22.1 Å². The van der Waals surface area contributed by atoms with Crippen LogP contribution in [-0.4, -0.2) is 11.6 Å². The summed E-state index contributed by atoms with van der Waals surface area (Å²) >= 11 is 6.11.